The predicted molar refractivity (Wildman–Crippen MR) is 75.1 cm³/mol. The molecule has 5 nitrogen and oxygen atoms in total. The van der Waals surface area contributed by atoms with Crippen LogP contribution < -0.4 is 5.32 Å². The van der Waals surface area contributed by atoms with Crippen molar-refractivity contribution in [1.82, 2.24) is 0 Å². The van der Waals surface area contributed by atoms with E-state index >= 15 is 0 Å². The summed E-state index contributed by atoms with van der Waals surface area (Å²) in [4.78, 5) is 22.1. The van der Waals surface area contributed by atoms with Crippen molar-refractivity contribution >= 4 is 33.2 Å². The van der Waals surface area contributed by atoms with Crippen molar-refractivity contribution in [3.05, 3.63) is 68.2 Å². The zero-order valence-corrected chi connectivity index (χ0v) is 11.9. The van der Waals surface area contributed by atoms with Crippen LogP contribution in [0, 0.1) is 21.7 Å². The Morgan fingerprint density at radius 2 is 1.86 bits per heavy atom. The standard InChI is InChI=1S/C13H7BrF2N2O3/c14-10-3-2-8(18(20)21)6-9(10)13(19)17-7-1-4-11(15)12(16)5-7/h1-6H,(H,17,19). The lowest BCUT2D eigenvalue weighted by atomic mass is 10.2. The fourth-order valence-corrected chi connectivity index (χ4v) is 2.00. The van der Waals surface area contributed by atoms with Crippen molar-refractivity contribution < 1.29 is 18.5 Å². The van der Waals surface area contributed by atoms with Crippen molar-refractivity contribution in [3.8, 4) is 0 Å². The van der Waals surface area contributed by atoms with Gasteiger partial charge in [0.15, 0.2) is 11.6 Å². The molecule has 0 atom stereocenters. The van der Waals surface area contributed by atoms with Gasteiger partial charge in [0.2, 0.25) is 0 Å². The SMILES string of the molecule is O=C(Nc1ccc(F)c(F)c1)c1cc([N+](=O)[O-])ccc1Br. The van der Waals surface area contributed by atoms with Gasteiger partial charge in [-0.05, 0) is 34.1 Å². The molecule has 21 heavy (non-hydrogen) atoms. The van der Waals surface area contributed by atoms with Crippen molar-refractivity contribution in [2.24, 2.45) is 0 Å². The maximum Gasteiger partial charge on any atom is 0.270 e. The van der Waals surface area contributed by atoms with Gasteiger partial charge >= 0.3 is 0 Å². The number of nitrogens with one attached hydrogen (secondary N) is 1. The number of amides is 1. The number of halogens is 3. The zero-order valence-electron chi connectivity index (χ0n) is 10.3. The summed E-state index contributed by atoms with van der Waals surface area (Å²) in [6.07, 6.45) is 0. The highest BCUT2D eigenvalue weighted by molar-refractivity contribution is 9.10. The van der Waals surface area contributed by atoms with Gasteiger partial charge < -0.3 is 5.32 Å². The number of nitro benzene ring substituents is 1. The van der Waals surface area contributed by atoms with Gasteiger partial charge in [-0.2, -0.15) is 0 Å². The molecule has 0 bridgehead atoms. The smallest absolute Gasteiger partial charge is 0.270 e. The number of hydrogen-bond donors (Lipinski definition) is 1. The van der Waals surface area contributed by atoms with Gasteiger partial charge in [-0.3, -0.25) is 14.9 Å². The second-order valence-electron chi connectivity index (χ2n) is 4.00. The van der Waals surface area contributed by atoms with Gasteiger partial charge in [-0.15, -0.1) is 0 Å². The van der Waals surface area contributed by atoms with E-state index in [4.69, 9.17) is 0 Å². The second-order valence-corrected chi connectivity index (χ2v) is 4.86. The normalized spacial score (nSPS) is 10.2. The third kappa shape index (κ3) is 3.40. The van der Waals surface area contributed by atoms with E-state index in [1.165, 1.54) is 18.2 Å². The number of benzene rings is 2. The molecule has 0 spiro atoms. The number of hydrogen-bond acceptors (Lipinski definition) is 3. The molecule has 2 rings (SSSR count). The Kier molecular flexibility index (Phi) is 4.27. The fraction of sp³-hybridized carbons (Fsp3) is 0. The number of carbonyl (C=O) groups is 1. The highest BCUT2D eigenvalue weighted by Crippen LogP contribution is 2.24. The molecular weight excluding hydrogens is 350 g/mol. The first-order valence-corrected chi connectivity index (χ1v) is 6.38. The molecule has 2 aromatic rings. The van der Waals surface area contributed by atoms with Crippen LogP contribution in [0.25, 0.3) is 0 Å². The summed E-state index contributed by atoms with van der Waals surface area (Å²) in [6, 6.07) is 6.55. The Morgan fingerprint density at radius 1 is 1.14 bits per heavy atom. The molecule has 0 saturated heterocycles. The largest absolute Gasteiger partial charge is 0.322 e. The number of nitro groups is 1. The topological polar surface area (TPSA) is 72.2 Å². The number of anilines is 1. The molecule has 0 aliphatic carbocycles. The van der Waals surface area contributed by atoms with Gasteiger partial charge in [0.05, 0.1) is 10.5 Å². The van der Waals surface area contributed by atoms with E-state index in [1.807, 2.05) is 0 Å². The minimum absolute atomic E-state index is 0.00827. The van der Waals surface area contributed by atoms with Crippen LogP contribution in [0.2, 0.25) is 0 Å². The van der Waals surface area contributed by atoms with Crippen molar-refractivity contribution in [2.75, 3.05) is 5.32 Å². The molecule has 108 valence electrons. The predicted octanol–water partition coefficient (Wildman–Crippen LogP) is 3.89. The summed E-state index contributed by atoms with van der Waals surface area (Å²) in [5, 5.41) is 13.0. The highest BCUT2D eigenvalue weighted by atomic mass is 79.9. The van der Waals surface area contributed by atoms with Gasteiger partial charge in [-0.25, -0.2) is 8.78 Å². The van der Waals surface area contributed by atoms with E-state index in [0.717, 1.165) is 18.2 Å². The van der Waals surface area contributed by atoms with E-state index in [2.05, 4.69) is 21.2 Å². The van der Waals surface area contributed by atoms with Crippen LogP contribution in [0.3, 0.4) is 0 Å². The minimum Gasteiger partial charge on any atom is -0.322 e. The molecule has 0 fully saturated rings. The summed E-state index contributed by atoms with van der Waals surface area (Å²) in [6.45, 7) is 0. The molecule has 0 unspecified atom stereocenters. The molecule has 0 aliphatic heterocycles. The number of carbonyl (C=O) groups excluding carboxylic acids is 1. The first kappa shape index (κ1) is 15.0. The maximum absolute atomic E-state index is 13.1. The van der Waals surface area contributed by atoms with Crippen molar-refractivity contribution in [3.63, 3.8) is 0 Å². The Hall–Kier alpha value is -2.35. The van der Waals surface area contributed by atoms with Crippen LogP contribution >= 0.6 is 15.9 Å². The Bertz CT molecular complexity index is 737. The second kappa shape index (κ2) is 5.96. The van der Waals surface area contributed by atoms with Crippen LogP contribution in [-0.2, 0) is 0 Å². The summed E-state index contributed by atoms with van der Waals surface area (Å²) in [5.74, 6) is -2.83. The third-order valence-corrected chi connectivity index (χ3v) is 3.27. The van der Waals surface area contributed by atoms with Crippen LogP contribution in [-0.4, -0.2) is 10.8 Å². The van der Waals surface area contributed by atoms with Gasteiger partial charge in [0.1, 0.15) is 0 Å². The Morgan fingerprint density at radius 3 is 2.48 bits per heavy atom. The third-order valence-electron chi connectivity index (χ3n) is 2.58. The Balaban J connectivity index is 2.29. The summed E-state index contributed by atoms with van der Waals surface area (Å²) in [7, 11) is 0. The van der Waals surface area contributed by atoms with Gasteiger partial charge in [0, 0.05) is 28.4 Å². The molecule has 1 amide bonds. The van der Waals surface area contributed by atoms with Gasteiger partial charge in [-0.1, -0.05) is 0 Å². The zero-order chi connectivity index (χ0) is 15.6. The first-order chi connectivity index (χ1) is 9.88. The first-order valence-electron chi connectivity index (χ1n) is 5.59. The van der Waals surface area contributed by atoms with E-state index < -0.39 is 22.5 Å². The summed E-state index contributed by atoms with van der Waals surface area (Å²) < 4.78 is 26.2. The Labute approximate surface area is 125 Å². The fourth-order valence-electron chi connectivity index (χ4n) is 1.57. The van der Waals surface area contributed by atoms with E-state index in [1.54, 1.807) is 0 Å². The monoisotopic (exact) mass is 356 g/mol. The highest BCUT2D eigenvalue weighted by Gasteiger charge is 2.16. The lowest BCUT2D eigenvalue weighted by Crippen LogP contribution is -2.13. The average molecular weight is 357 g/mol. The van der Waals surface area contributed by atoms with Gasteiger partial charge in [0.25, 0.3) is 11.6 Å². The van der Waals surface area contributed by atoms with Crippen LogP contribution in [0.15, 0.2) is 40.9 Å². The molecule has 0 radical (unpaired) electrons. The molecular formula is C13H7BrF2N2O3. The van der Waals surface area contributed by atoms with Crippen LogP contribution in [0.5, 0.6) is 0 Å². The van der Waals surface area contributed by atoms with E-state index in [0.29, 0.717) is 4.47 Å². The number of nitrogens with zero attached hydrogens (tertiary/aromatic N) is 1. The molecule has 2 aromatic carbocycles. The van der Waals surface area contributed by atoms with E-state index in [-0.39, 0.29) is 16.9 Å². The number of non-ortho nitro benzene ring substituents is 1. The van der Waals surface area contributed by atoms with E-state index in [9.17, 15) is 23.7 Å². The molecule has 0 heterocycles. The van der Waals surface area contributed by atoms with Crippen LogP contribution in [0.4, 0.5) is 20.2 Å². The quantitative estimate of drug-likeness (QED) is 0.669. The van der Waals surface area contributed by atoms with Crippen molar-refractivity contribution in [2.45, 2.75) is 0 Å². The molecule has 1 N–H and O–H groups in total. The molecule has 0 aromatic heterocycles. The van der Waals surface area contributed by atoms with Crippen molar-refractivity contribution in [1.29, 1.82) is 0 Å². The maximum atomic E-state index is 13.1. The molecule has 8 heteroatoms. The molecule has 0 saturated carbocycles. The lowest BCUT2D eigenvalue weighted by molar-refractivity contribution is -0.384. The minimum atomic E-state index is -1.11. The number of rotatable bonds is 3. The average Bonchev–Trinajstić information content (AvgIpc) is 2.43. The summed E-state index contributed by atoms with van der Waals surface area (Å²) in [5.41, 5.74) is -0.208. The summed E-state index contributed by atoms with van der Waals surface area (Å²) >= 11 is 3.10. The lowest BCUT2D eigenvalue weighted by Gasteiger charge is -2.07. The molecule has 0 aliphatic rings. The van der Waals surface area contributed by atoms with Crippen LogP contribution in [0.1, 0.15) is 10.4 Å².